The van der Waals surface area contributed by atoms with Crippen molar-refractivity contribution in [2.24, 2.45) is 5.92 Å². The number of aryl methyl sites for hydroxylation is 1. The molecule has 1 amide bonds. The van der Waals surface area contributed by atoms with Gasteiger partial charge in [-0.25, -0.2) is 18.4 Å². The molecule has 138 valence electrons. The normalized spacial score (nSPS) is 23.0. The van der Waals surface area contributed by atoms with Gasteiger partial charge < -0.3 is 9.64 Å². The Kier molecular flexibility index (Phi) is 3.94. The molecule has 2 saturated heterocycles. The molecule has 4 heterocycles. The van der Waals surface area contributed by atoms with Crippen LogP contribution in [0, 0.1) is 12.8 Å². The smallest absolute Gasteiger partial charge is 0.316 e. The maximum atomic E-state index is 12.7. The van der Waals surface area contributed by atoms with E-state index in [-0.39, 0.29) is 43.3 Å². The highest BCUT2D eigenvalue weighted by Crippen LogP contribution is 2.45. The Hall–Kier alpha value is -2.49. The molecule has 1 spiro atoms. The quantitative estimate of drug-likeness (QED) is 0.809. The zero-order chi connectivity index (χ0) is 18.4. The zero-order valence-electron chi connectivity index (χ0n) is 14.3. The number of hydrogen-bond acceptors (Lipinski definition) is 7. The third kappa shape index (κ3) is 2.64. The number of aromatic amines is 1. The van der Waals surface area contributed by atoms with Gasteiger partial charge in [-0.05, 0) is 25.5 Å². The van der Waals surface area contributed by atoms with Crippen molar-refractivity contribution < 1.29 is 17.9 Å². The van der Waals surface area contributed by atoms with Crippen molar-refractivity contribution in [3.63, 3.8) is 0 Å². The molecule has 9 nitrogen and oxygen atoms in total. The molecule has 2 aromatic heterocycles. The lowest BCUT2D eigenvalue weighted by atomic mass is 9.83. The molecule has 0 radical (unpaired) electrons. The van der Waals surface area contributed by atoms with Gasteiger partial charge >= 0.3 is 6.01 Å². The number of ether oxygens (including phenoxy) is 1. The summed E-state index contributed by atoms with van der Waals surface area (Å²) < 4.78 is 30.0. The van der Waals surface area contributed by atoms with Crippen molar-refractivity contribution in [2.75, 3.05) is 25.4 Å². The number of rotatable bonds is 4. The van der Waals surface area contributed by atoms with E-state index in [1.165, 1.54) is 11.1 Å². The first kappa shape index (κ1) is 17.0. The number of nitrogens with zero attached hydrogens (tertiary/aromatic N) is 4. The maximum absolute atomic E-state index is 12.7. The minimum absolute atomic E-state index is 0.113. The SMILES string of the molecule is Cc1ccnc(OCC2CCS(=O)(=O)C23CN(C(=O)c2ccn[nH]2)C3)n1. The van der Waals surface area contributed by atoms with E-state index in [1.807, 2.05) is 6.92 Å². The molecule has 0 aromatic carbocycles. The highest BCUT2D eigenvalue weighted by molar-refractivity contribution is 7.93. The minimum atomic E-state index is -3.29. The monoisotopic (exact) mass is 377 g/mol. The Labute approximate surface area is 150 Å². The standard InChI is InChI=1S/C16H19N5O4S/c1-11-2-5-17-15(19-11)25-8-12-4-7-26(23,24)16(12)9-21(10-16)14(22)13-3-6-18-20-13/h2-3,5-6,12H,4,7-10H2,1H3,(H,18,20). The average Bonchev–Trinajstić information content (AvgIpc) is 3.17. The van der Waals surface area contributed by atoms with Crippen LogP contribution in [0.2, 0.25) is 0 Å². The van der Waals surface area contributed by atoms with E-state index in [0.29, 0.717) is 12.1 Å². The molecule has 1 unspecified atom stereocenters. The van der Waals surface area contributed by atoms with Gasteiger partial charge in [0.1, 0.15) is 10.4 Å². The molecule has 2 aliphatic rings. The topological polar surface area (TPSA) is 118 Å². The summed E-state index contributed by atoms with van der Waals surface area (Å²) in [4.78, 5) is 22.1. The number of likely N-dealkylation sites (tertiary alicyclic amines) is 1. The number of carbonyl (C=O) groups excluding carboxylic acids is 1. The van der Waals surface area contributed by atoms with Gasteiger partial charge in [-0.1, -0.05) is 0 Å². The maximum Gasteiger partial charge on any atom is 0.316 e. The predicted octanol–water partition coefficient (Wildman–Crippen LogP) is 0.216. The molecule has 2 fully saturated rings. The van der Waals surface area contributed by atoms with Crippen LogP contribution in [0.5, 0.6) is 6.01 Å². The molecule has 10 heteroatoms. The van der Waals surface area contributed by atoms with Crippen LogP contribution in [0.15, 0.2) is 24.5 Å². The first-order valence-corrected chi connectivity index (χ1v) is 10.00. The van der Waals surface area contributed by atoms with Crippen LogP contribution in [0.4, 0.5) is 0 Å². The van der Waals surface area contributed by atoms with Crippen LogP contribution in [0.3, 0.4) is 0 Å². The number of amides is 1. The van der Waals surface area contributed by atoms with Gasteiger partial charge in [0.2, 0.25) is 0 Å². The van der Waals surface area contributed by atoms with Crippen molar-refractivity contribution in [1.29, 1.82) is 0 Å². The molecular formula is C16H19N5O4S. The number of sulfone groups is 1. The van der Waals surface area contributed by atoms with Gasteiger partial charge in [0, 0.05) is 37.1 Å². The molecule has 1 N–H and O–H groups in total. The Morgan fingerprint density at radius 2 is 2.19 bits per heavy atom. The zero-order valence-corrected chi connectivity index (χ0v) is 15.1. The Bertz CT molecular complexity index is 922. The molecule has 0 bridgehead atoms. The van der Waals surface area contributed by atoms with E-state index >= 15 is 0 Å². The van der Waals surface area contributed by atoms with Gasteiger partial charge in [0.05, 0.1) is 12.4 Å². The summed E-state index contributed by atoms with van der Waals surface area (Å²) in [5.74, 6) is -0.318. The van der Waals surface area contributed by atoms with Gasteiger partial charge in [-0.2, -0.15) is 5.10 Å². The van der Waals surface area contributed by atoms with Crippen LogP contribution in [-0.4, -0.2) is 69.6 Å². The highest BCUT2D eigenvalue weighted by Gasteiger charge is 2.62. The molecule has 4 rings (SSSR count). The fourth-order valence-electron chi connectivity index (χ4n) is 3.67. The van der Waals surface area contributed by atoms with Crippen molar-refractivity contribution in [2.45, 2.75) is 18.1 Å². The fraction of sp³-hybridized carbons (Fsp3) is 0.500. The molecule has 0 aliphatic carbocycles. The minimum Gasteiger partial charge on any atom is -0.463 e. The lowest BCUT2D eigenvalue weighted by Gasteiger charge is -2.49. The van der Waals surface area contributed by atoms with Crippen LogP contribution in [-0.2, 0) is 9.84 Å². The van der Waals surface area contributed by atoms with Gasteiger partial charge in [-0.15, -0.1) is 0 Å². The number of aromatic nitrogens is 4. The van der Waals surface area contributed by atoms with Gasteiger partial charge in [-0.3, -0.25) is 9.89 Å². The fourth-order valence-corrected chi connectivity index (χ4v) is 6.07. The van der Waals surface area contributed by atoms with Crippen molar-refractivity contribution in [1.82, 2.24) is 25.1 Å². The summed E-state index contributed by atoms with van der Waals surface area (Å²) >= 11 is 0. The molecule has 2 aliphatic heterocycles. The van der Waals surface area contributed by atoms with Crippen molar-refractivity contribution >= 4 is 15.7 Å². The van der Waals surface area contributed by atoms with Crippen molar-refractivity contribution in [3.05, 3.63) is 35.9 Å². The van der Waals surface area contributed by atoms with E-state index in [9.17, 15) is 13.2 Å². The summed E-state index contributed by atoms with van der Waals surface area (Å²) in [6.45, 7) is 2.40. The second kappa shape index (κ2) is 6.04. The number of hydrogen-bond donors (Lipinski definition) is 1. The first-order chi connectivity index (χ1) is 12.4. The molecule has 26 heavy (non-hydrogen) atoms. The van der Waals surface area contributed by atoms with E-state index < -0.39 is 14.6 Å². The molecule has 0 saturated carbocycles. The van der Waals surface area contributed by atoms with Crippen molar-refractivity contribution in [3.8, 4) is 6.01 Å². The average molecular weight is 377 g/mol. The lowest BCUT2D eigenvalue weighted by molar-refractivity contribution is 0.0398. The van der Waals surface area contributed by atoms with Gasteiger partial charge in [0.25, 0.3) is 5.91 Å². The highest BCUT2D eigenvalue weighted by atomic mass is 32.2. The van der Waals surface area contributed by atoms with E-state index in [2.05, 4.69) is 20.2 Å². The summed E-state index contributed by atoms with van der Waals surface area (Å²) in [6, 6.07) is 3.58. The van der Waals surface area contributed by atoms with E-state index in [0.717, 1.165) is 5.69 Å². The Morgan fingerprint density at radius 3 is 2.88 bits per heavy atom. The lowest BCUT2D eigenvalue weighted by Crippen LogP contribution is -2.69. The Morgan fingerprint density at radius 1 is 1.38 bits per heavy atom. The molecule has 2 aromatic rings. The summed E-state index contributed by atoms with van der Waals surface area (Å²) in [7, 11) is -3.29. The number of carbonyl (C=O) groups is 1. The Balaban J connectivity index is 1.47. The second-order valence-corrected chi connectivity index (χ2v) is 9.24. The predicted molar refractivity (Wildman–Crippen MR) is 91.4 cm³/mol. The largest absolute Gasteiger partial charge is 0.463 e. The van der Waals surface area contributed by atoms with Gasteiger partial charge in [0.15, 0.2) is 9.84 Å². The third-order valence-electron chi connectivity index (χ3n) is 5.22. The summed E-state index contributed by atoms with van der Waals surface area (Å²) in [5, 5.41) is 6.38. The van der Waals surface area contributed by atoms with Crippen LogP contribution in [0.25, 0.3) is 0 Å². The second-order valence-electron chi connectivity index (χ2n) is 6.79. The number of nitrogens with one attached hydrogen (secondary N) is 1. The van der Waals surface area contributed by atoms with E-state index in [4.69, 9.17) is 4.74 Å². The first-order valence-electron chi connectivity index (χ1n) is 8.35. The summed E-state index contributed by atoms with van der Waals surface area (Å²) in [6.07, 6.45) is 3.61. The van der Waals surface area contributed by atoms with Crippen LogP contribution in [0.1, 0.15) is 22.6 Å². The third-order valence-corrected chi connectivity index (χ3v) is 7.82. The van der Waals surface area contributed by atoms with Crippen LogP contribution < -0.4 is 4.74 Å². The van der Waals surface area contributed by atoms with E-state index in [1.54, 1.807) is 18.3 Å². The molecular weight excluding hydrogens is 358 g/mol. The summed E-state index contributed by atoms with van der Waals surface area (Å²) in [5.41, 5.74) is 1.14. The van der Waals surface area contributed by atoms with Crippen LogP contribution >= 0.6 is 0 Å². The number of H-pyrrole nitrogens is 1. The molecule has 1 atom stereocenters.